The van der Waals surface area contributed by atoms with E-state index in [0.717, 1.165) is 31.7 Å². The Morgan fingerprint density at radius 1 is 1.22 bits per heavy atom. The zero-order valence-electron chi connectivity index (χ0n) is 12.1. The summed E-state index contributed by atoms with van der Waals surface area (Å²) < 4.78 is 5.48. The van der Waals surface area contributed by atoms with E-state index in [1.807, 2.05) is 7.11 Å². The van der Waals surface area contributed by atoms with Crippen LogP contribution in [0.1, 0.15) is 52.4 Å². The lowest BCUT2D eigenvalue weighted by atomic mass is 9.80. The second-order valence-corrected chi connectivity index (χ2v) is 6.19. The number of ether oxygens (including phenoxy) is 1. The molecule has 5 atom stereocenters. The molecule has 1 N–H and O–H groups in total. The van der Waals surface area contributed by atoms with Crippen molar-refractivity contribution in [3.63, 3.8) is 0 Å². The third-order valence-corrected chi connectivity index (χ3v) is 5.11. The van der Waals surface area contributed by atoms with Crippen LogP contribution in [0, 0.1) is 5.92 Å². The fourth-order valence-corrected chi connectivity index (χ4v) is 3.80. The van der Waals surface area contributed by atoms with Gasteiger partial charge in [0.15, 0.2) is 0 Å². The van der Waals surface area contributed by atoms with Gasteiger partial charge in [0, 0.05) is 25.7 Å². The van der Waals surface area contributed by atoms with Crippen molar-refractivity contribution in [2.24, 2.45) is 5.92 Å². The second kappa shape index (κ2) is 6.36. The summed E-state index contributed by atoms with van der Waals surface area (Å²) in [4.78, 5) is 2.54. The number of piperidine rings is 1. The van der Waals surface area contributed by atoms with Crippen LogP contribution in [0.3, 0.4) is 0 Å². The van der Waals surface area contributed by atoms with Crippen LogP contribution in [0.5, 0.6) is 0 Å². The molecule has 3 nitrogen and oxygen atoms in total. The lowest BCUT2D eigenvalue weighted by Crippen LogP contribution is -2.54. The maximum absolute atomic E-state index is 10.3. The van der Waals surface area contributed by atoms with Crippen molar-refractivity contribution in [1.29, 1.82) is 0 Å². The van der Waals surface area contributed by atoms with Gasteiger partial charge in [0.1, 0.15) is 0 Å². The van der Waals surface area contributed by atoms with Crippen molar-refractivity contribution in [2.45, 2.75) is 76.7 Å². The Morgan fingerprint density at radius 3 is 2.61 bits per heavy atom. The first-order valence-electron chi connectivity index (χ1n) is 7.62. The van der Waals surface area contributed by atoms with E-state index in [1.165, 1.54) is 19.3 Å². The highest BCUT2D eigenvalue weighted by atomic mass is 16.5. The summed E-state index contributed by atoms with van der Waals surface area (Å²) >= 11 is 0. The molecule has 1 heterocycles. The van der Waals surface area contributed by atoms with Gasteiger partial charge < -0.3 is 9.84 Å². The Hall–Kier alpha value is -0.120. The zero-order valence-corrected chi connectivity index (χ0v) is 12.1. The third kappa shape index (κ3) is 3.06. The van der Waals surface area contributed by atoms with Gasteiger partial charge in [-0.2, -0.15) is 0 Å². The Bertz CT molecular complexity index is 259. The van der Waals surface area contributed by atoms with Crippen LogP contribution >= 0.6 is 0 Å². The highest BCUT2D eigenvalue weighted by molar-refractivity contribution is 4.91. The molecule has 0 bridgehead atoms. The second-order valence-electron chi connectivity index (χ2n) is 6.19. The number of aliphatic hydroxyl groups is 1. The molecule has 18 heavy (non-hydrogen) atoms. The Labute approximate surface area is 112 Å². The molecule has 106 valence electrons. The van der Waals surface area contributed by atoms with E-state index in [2.05, 4.69) is 18.7 Å². The SMILES string of the molecule is CCC1CCC(O)C(N2CCC(OC)CC2C)C1. The van der Waals surface area contributed by atoms with E-state index in [1.54, 1.807) is 0 Å². The summed E-state index contributed by atoms with van der Waals surface area (Å²) in [6.07, 6.45) is 7.15. The number of aliphatic hydroxyl groups excluding tert-OH is 1. The molecule has 2 aliphatic rings. The molecule has 5 unspecified atom stereocenters. The highest BCUT2D eigenvalue weighted by Crippen LogP contribution is 2.33. The predicted octanol–water partition coefficient (Wildman–Crippen LogP) is 2.43. The summed E-state index contributed by atoms with van der Waals surface area (Å²) in [5.41, 5.74) is 0. The van der Waals surface area contributed by atoms with Crippen molar-refractivity contribution in [3.8, 4) is 0 Å². The van der Waals surface area contributed by atoms with E-state index in [0.29, 0.717) is 18.2 Å². The van der Waals surface area contributed by atoms with Gasteiger partial charge in [-0.3, -0.25) is 4.90 Å². The van der Waals surface area contributed by atoms with Crippen LogP contribution in [0.2, 0.25) is 0 Å². The van der Waals surface area contributed by atoms with Gasteiger partial charge in [-0.1, -0.05) is 13.3 Å². The molecule has 0 spiro atoms. The van der Waals surface area contributed by atoms with Gasteiger partial charge in [0.05, 0.1) is 12.2 Å². The number of methoxy groups -OCH3 is 1. The Balaban J connectivity index is 1.97. The van der Waals surface area contributed by atoms with Gasteiger partial charge >= 0.3 is 0 Å². The molecule has 1 aliphatic heterocycles. The standard InChI is InChI=1S/C15H29NO2/c1-4-12-5-6-15(17)14(10-12)16-8-7-13(18-3)9-11(16)2/h11-15,17H,4-10H2,1-3H3. The molecular formula is C15H29NO2. The third-order valence-electron chi connectivity index (χ3n) is 5.11. The molecule has 0 aromatic rings. The van der Waals surface area contributed by atoms with Crippen LogP contribution in [-0.2, 0) is 4.74 Å². The van der Waals surface area contributed by atoms with Crippen LogP contribution in [-0.4, -0.2) is 48.0 Å². The van der Waals surface area contributed by atoms with Gasteiger partial charge in [-0.25, -0.2) is 0 Å². The Morgan fingerprint density at radius 2 is 2.00 bits per heavy atom. The number of likely N-dealkylation sites (tertiary alicyclic amines) is 1. The van der Waals surface area contributed by atoms with Gasteiger partial charge in [-0.15, -0.1) is 0 Å². The van der Waals surface area contributed by atoms with Crippen LogP contribution in [0.4, 0.5) is 0 Å². The minimum absolute atomic E-state index is 0.116. The topological polar surface area (TPSA) is 32.7 Å². The van der Waals surface area contributed by atoms with Crippen LogP contribution < -0.4 is 0 Å². The maximum atomic E-state index is 10.3. The van der Waals surface area contributed by atoms with Crippen LogP contribution in [0.15, 0.2) is 0 Å². The van der Waals surface area contributed by atoms with Crippen molar-refractivity contribution >= 4 is 0 Å². The maximum Gasteiger partial charge on any atom is 0.0695 e. The molecule has 0 radical (unpaired) electrons. The van der Waals surface area contributed by atoms with E-state index < -0.39 is 0 Å². The van der Waals surface area contributed by atoms with Crippen LogP contribution in [0.25, 0.3) is 0 Å². The molecule has 2 fully saturated rings. The van der Waals surface area contributed by atoms with Gasteiger partial charge in [-0.05, 0) is 44.9 Å². The number of hydrogen-bond acceptors (Lipinski definition) is 3. The highest BCUT2D eigenvalue weighted by Gasteiger charge is 2.37. The molecule has 1 saturated carbocycles. The van der Waals surface area contributed by atoms with Crippen molar-refractivity contribution in [3.05, 3.63) is 0 Å². The molecule has 1 aliphatic carbocycles. The predicted molar refractivity (Wildman–Crippen MR) is 73.6 cm³/mol. The summed E-state index contributed by atoms with van der Waals surface area (Å²) in [6, 6.07) is 0.926. The molecular weight excluding hydrogens is 226 g/mol. The number of nitrogens with zero attached hydrogens (tertiary/aromatic N) is 1. The quantitative estimate of drug-likeness (QED) is 0.840. The minimum atomic E-state index is -0.116. The van der Waals surface area contributed by atoms with Crippen molar-refractivity contribution in [1.82, 2.24) is 4.90 Å². The molecule has 2 rings (SSSR count). The lowest BCUT2D eigenvalue weighted by molar-refractivity contribution is -0.0551. The van der Waals surface area contributed by atoms with E-state index >= 15 is 0 Å². The number of rotatable bonds is 3. The summed E-state index contributed by atoms with van der Waals surface area (Å²) in [6.45, 7) is 5.64. The summed E-state index contributed by atoms with van der Waals surface area (Å²) in [7, 11) is 1.82. The molecule has 1 saturated heterocycles. The first kappa shape index (κ1) is 14.3. The van der Waals surface area contributed by atoms with E-state index in [-0.39, 0.29) is 6.10 Å². The molecule has 0 aromatic heterocycles. The van der Waals surface area contributed by atoms with Gasteiger partial charge in [0.25, 0.3) is 0 Å². The monoisotopic (exact) mass is 255 g/mol. The molecule has 0 aromatic carbocycles. The summed E-state index contributed by atoms with van der Waals surface area (Å²) in [5.74, 6) is 0.811. The van der Waals surface area contributed by atoms with E-state index in [9.17, 15) is 5.11 Å². The average molecular weight is 255 g/mol. The Kier molecular flexibility index (Phi) is 5.05. The van der Waals surface area contributed by atoms with Gasteiger partial charge in [0.2, 0.25) is 0 Å². The van der Waals surface area contributed by atoms with Crippen molar-refractivity contribution in [2.75, 3.05) is 13.7 Å². The normalized spacial score (nSPS) is 43.0. The fourth-order valence-electron chi connectivity index (χ4n) is 3.80. The zero-order chi connectivity index (χ0) is 13.1. The minimum Gasteiger partial charge on any atom is -0.391 e. The molecule has 0 amide bonds. The first-order valence-corrected chi connectivity index (χ1v) is 7.62. The lowest BCUT2D eigenvalue weighted by Gasteiger charge is -2.46. The number of hydrogen-bond donors (Lipinski definition) is 1. The average Bonchev–Trinajstić information content (AvgIpc) is 2.39. The smallest absolute Gasteiger partial charge is 0.0695 e. The first-order chi connectivity index (χ1) is 8.65. The fraction of sp³-hybridized carbons (Fsp3) is 1.00. The molecule has 3 heteroatoms. The summed E-state index contributed by atoms with van der Waals surface area (Å²) in [5, 5.41) is 10.3. The largest absolute Gasteiger partial charge is 0.391 e. The van der Waals surface area contributed by atoms with Crippen molar-refractivity contribution < 1.29 is 9.84 Å². The van der Waals surface area contributed by atoms with E-state index in [4.69, 9.17) is 4.74 Å².